The SMILES string of the molecule is CCC(=Cc1ccc(CO)cc1)C(=O)Oc1ccc2c(c1)C(C)(C)CCC2(C)C. The summed E-state index contributed by atoms with van der Waals surface area (Å²) in [4.78, 5) is 12.8. The van der Waals surface area contributed by atoms with E-state index in [1.54, 1.807) is 0 Å². The highest BCUT2D eigenvalue weighted by molar-refractivity contribution is 5.95. The molecule has 0 radical (unpaired) electrons. The first-order valence-electron chi connectivity index (χ1n) is 10.4. The normalized spacial score (nSPS) is 17.5. The molecular formula is C26H32O3. The van der Waals surface area contributed by atoms with Crippen molar-refractivity contribution in [2.24, 2.45) is 0 Å². The minimum absolute atomic E-state index is 0.0121. The molecule has 0 aromatic heterocycles. The van der Waals surface area contributed by atoms with Crippen LogP contribution in [0.1, 0.15) is 76.1 Å². The fourth-order valence-electron chi connectivity index (χ4n) is 4.03. The predicted octanol–water partition coefficient (Wildman–Crippen LogP) is 5.93. The molecule has 0 saturated heterocycles. The van der Waals surface area contributed by atoms with Gasteiger partial charge >= 0.3 is 5.97 Å². The second kappa shape index (κ2) is 8.16. The number of ether oxygens (including phenoxy) is 1. The van der Waals surface area contributed by atoms with Gasteiger partial charge in [-0.15, -0.1) is 0 Å². The van der Waals surface area contributed by atoms with Gasteiger partial charge in [-0.3, -0.25) is 0 Å². The quantitative estimate of drug-likeness (QED) is 0.390. The molecule has 2 aromatic rings. The predicted molar refractivity (Wildman–Crippen MR) is 118 cm³/mol. The van der Waals surface area contributed by atoms with Gasteiger partial charge in [0.05, 0.1) is 6.61 Å². The number of carbonyl (C=O) groups excluding carboxylic acids is 1. The third-order valence-electron chi connectivity index (χ3n) is 6.18. The summed E-state index contributed by atoms with van der Waals surface area (Å²) in [7, 11) is 0. The fourth-order valence-corrected chi connectivity index (χ4v) is 4.03. The molecule has 0 spiro atoms. The molecule has 1 aliphatic rings. The van der Waals surface area contributed by atoms with Crippen LogP contribution in [0.5, 0.6) is 5.75 Å². The Labute approximate surface area is 174 Å². The number of esters is 1. The lowest BCUT2D eigenvalue weighted by atomic mass is 9.63. The van der Waals surface area contributed by atoms with E-state index in [1.165, 1.54) is 11.1 Å². The van der Waals surface area contributed by atoms with E-state index in [2.05, 4.69) is 39.8 Å². The van der Waals surface area contributed by atoms with E-state index >= 15 is 0 Å². The van der Waals surface area contributed by atoms with Gasteiger partial charge in [0.2, 0.25) is 0 Å². The van der Waals surface area contributed by atoms with Crippen LogP contribution in [0, 0.1) is 0 Å². The number of fused-ring (bicyclic) bond motifs is 1. The van der Waals surface area contributed by atoms with Crippen molar-refractivity contribution in [2.75, 3.05) is 0 Å². The van der Waals surface area contributed by atoms with Crippen molar-refractivity contribution in [1.29, 1.82) is 0 Å². The Morgan fingerprint density at radius 2 is 1.62 bits per heavy atom. The Morgan fingerprint density at radius 1 is 1.00 bits per heavy atom. The molecule has 0 fully saturated rings. The molecule has 0 aliphatic heterocycles. The summed E-state index contributed by atoms with van der Waals surface area (Å²) in [5.74, 6) is 0.293. The molecule has 29 heavy (non-hydrogen) atoms. The molecule has 0 bridgehead atoms. The minimum atomic E-state index is -0.313. The smallest absolute Gasteiger partial charge is 0.339 e. The van der Waals surface area contributed by atoms with Crippen LogP contribution >= 0.6 is 0 Å². The van der Waals surface area contributed by atoms with Crippen molar-refractivity contribution < 1.29 is 14.6 Å². The summed E-state index contributed by atoms with van der Waals surface area (Å²) in [6.45, 7) is 11.1. The summed E-state index contributed by atoms with van der Waals surface area (Å²) >= 11 is 0. The second-order valence-electron chi connectivity index (χ2n) is 9.29. The van der Waals surface area contributed by atoms with Crippen molar-refractivity contribution in [3.63, 3.8) is 0 Å². The van der Waals surface area contributed by atoms with Crippen molar-refractivity contribution in [3.05, 3.63) is 70.3 Å². The number of aliphatic hydroxyl groups is 1. The van der Waals surface area contributed by atoms with Gasteiger partial charge in [-0.05, 0) is 70.6 Å². The Morgan fingerprint density at radius 3 is 2.21 bits per heavy atom. The average Bonchev–Trinajstić information content (AvgIpc) is 2.70. The van der Waals surface area contributed by atoms with Crippen LogP contribution in [-0.4, -0.2) is 11.1 Å². The van der Waals surface area contributed by atoms with E-state index in [0.29, 0.717) is 17.7 Å². The van der Waals surface area contributed by atoms with Crippen LogP contribution in [0.4, 0.5) is 0 Å². The molecule has 3 nitrogen and oxygen atoms in total. The first-order chi connectivity index (χ1) is 13.7. The van der Waals surface area contributed by atoms with Crippen LogP contribution in [0.3, 0.4) is 0 Å². The van der Waals surface area contributed by atoms with E-state index in [4.69, 9.17) is 4.74 Å². The van der Waals surface area contributed by atoms with Gasteiger partial charge in [-0.25, -0.2) is 4.79 Å². The maximum Gasteiger partial charge on any atom is 0.339 e. The van der Waals surface area contributed by atoms with E-state index < -0.39 is 0 Å². The summed E-state index contributed by atoms with van der Waals surface area (Å²) < 4.78 is 5.76. The van der Waals surface area contributed by atoms with Gasteiger partial charge in [0.15, 0.2) is 0 Å². The van der Waals surface area contributed by atoms with Gasteiger partial charge in [-0.1, -0.05) is 65.0 Å². The monoisotopic (exact) mass is 392 g/mol. The number of benzene rings is 2. The highest BCUT2D eigenvalue weighted by atomic mass is 16.5. The first kappa shape index (κ1) is 21.3. The molecule has 0 amide bonds. The van der Waals surface area contributed by atoms with Gasteiger partial charge in [0, 0.05) is 5.57 Å². The number of carbonyl (C=O) groups is 1. The molecule has 3 heteroatoms. The topological polar surface area (TPSA) is 46.5 Å². The van der Waals surface area contributed by atoms with Gasteiger partial charge in [-0.2, -0.15) is 0 Å². The van der Waals surface area contributed by atoms with E-state index in [1.807, 2.05) is 43.3 Å². The summed E-state index contributed by atoms with van der Waals surface area (Å²) in [5.41, 5.74) is 5.24. The van der Waals surface area contributed by atoms with Crippen LogP contribution in [0.2, 0.25) is 0 Å². The largest absolute Gasteiger partial charge is 0.423 e. The molecule has 1 aliphatic carbocycles. The summed E-state index contributed by atoms with van der Waals surface area (Å²) in [6.07, 6.45) is 4.72. The van der Waals surface area contributed by atoms with Crippen molar-refractivity contribution >= 4 is 12.0 Å². The van der Waals surface area contributed by atoms with Gasteiger partial charge in [0.25, 0.3) is 0 Å². The molecule has 3 rings (SSSR count). The molecule has 0 saturated carbocycles. The average molecular weight is 393 g/mol. The van der Waals surface area contributed by atoms with Crippen molar-refractivity contribution in [3.8, 4) is 5.75 Å². The molecule has 154 valence electrons. The highest BCUT2D eigenvalue weighted by Crippen LogP contribution is 2.46. The molecule has 0 atom stereocenters. The summed E-state index contributed by atoms with van der Waals surface area (Å²) in [5, 5.41) is 9.17. The molecular weight excluding hydrogens is 360 g/mol. The highest BCUT2D eigenvalue weighted by Gasteiger charge is 2.37. The van der Waals surface area contributed by atoms with Crippen LogP contribution in [-0.2, 0) is 22.2 Å². The van der Waals surface area contributed by atoms with Crippen LogP contribution < -0.4 is 4.74 Å². The van der Waals surface area contributed by atoms with E-state index in [9.17, 15) is 9.90 Å². The maximum atomic E-state index is 12.8. The van der Waals surface area contributed by atoms with Gasteiger partial charge in [0.1, 0.15) is 5.75 Å². The third kappa shape index (κ3) is 4.62. The Hall–Kier alpha value is -2.39. The second-order valence-corrected chi connectivity index (χ2v) is 9.29. The Bertz CT molecular complexity index is 917. The zero-order chi connectivity index (χ0) is 21.2. The maximum absolute atomic E-state index is 12.8. The lowest BCUT2D eigenvalue weighted by Gasteiger charge is -2.41. The fraction of sp³-hybridized carbons (Fsp3) is 0.423. The molecule has 1 N–H and O–H groups in total. The van der Waals surface area contributed by atoms with Crippen molar-refractivity contribution in [2.45, 2.75) is 71.3 Å². The standard InChI is InChI=1S/C26H32O3/c1-6-20(15-18-7-9-19(17-27)10-8-18)24(28)29-21-11-12-22-23(16-21)26(4,5)14-13-25(22,2)3/h7-12,15-16,27H,6,13-14,17H2,1-5H3. The Kier molecular flexibility index (Phi) is 6.00. The molecule has 0 heterocycles. The van der Waals surface area contributed by atoms with E-state index in [-0.39, 0.29) is 23.4 Å². The first-order valence-corrected chi connectivity index (χ1v) is 10.4. The number of hydrogen-bond acceptors (Lipinski definition) is 3. The van der Waals surface area contributed by atoms with Crippen LogP contribution in [0.15, 0.2) is 48.0 Å². The van der Waals surface area contributed by atoms with Crippen LogP contribution in [0.25, 0.3) is 6.08 Å². The lowest BCUT2D eigenvalue weighted by molar-refractivity contribution is -0.130. The van der Waals surface area contributed by atoms with Crippen molar-refractivity contribution in [1.82, 2.24) is 0 Å². The minimum Gasteiger partial charge on any atom is -0.423 e. The lowest BCUT2D eigenvalue weighted by Crippen LogP contribution is -2.33. The Balaban J connectivity index is 1.85. The third-order valence-corrected chi connectivity index (χ3v) is 6.18. The zero-order valence-corrected chi connectivity index (χ0v) is 18.2. The van der Waals surface area contributed by atoms with E-state index in [0.717, 1.165) is 24.0 Å². The number of hydrogen-bond donors (Lipinski definition) is 1. The summed E-state index contributed by atoms with van der Waals surface area (Å²) in [6, 6.07) is 13.6. The number of aliphatic hydroxyl groups excluding tert-OH is 1. The number of rotatable bonds is 5. The van der Waals surface area contributed by atoms with Gasteiger partial charge < -0.3 is 9.84 Å². The molecule has 0 unspecified atom stereocenters. The molecule has 2 aromatic carbocycles. The zero-order valence-electron chi connectivity index (χ0n) is 18.2.